The van der Waals surface area contributed by atoms with Crippen LogP contribution in [0.25, 0.3) is 65.9 Å². The Kier molecular flexibility index (Phi) is 15.6. The van der Waals surface area contributed by atoms with Crippen molar-refractivity contribution in [2.45, 2.75) is 26.9 Å². The first-order valence-electron chi connectivity index (χ1n) is 24.4. The number of nitrogens with zero attached hydrogens (tertiary/aromatic N) is 9. The Bertz CT molecular complexity index is 3510. The lowest BCUT2D eigenvalue weighted by atomic mass is 9.95. The lowest BCUT2D eigenvalue weighted by molar-refractivity contribution is 0.0698. The largest absolute Gasteiger partial charge is 0.478 e. The number of piperazine rings is 1. The summed E-state index contributed by atoms with van der Waals surface area (Å²) in [6.45, 7) is 12.6. The third-order valence-corrected chi connectivity index (χ3v) is 13.1. The highest BCUT2D eigenvalue weighted by Gasteiger charge is 2.19. The maximum absolute atomic E-state index is 13.3. The molecule has 1 aliphatic rings. The average Bonchev–Trinajstić information content (AvgIpc) is 3.43. The predicted molar refractivity (Wildman–Crippen MR) is 292 cm³/mol. The van der Waals surface area contributed by atoms with Crippen LogP contribution >= 0.6 is 0 Å². The molecule has 11 rings (SSSR count). The molecule has 0 atom stereocenters. The van der Waals surface area contributed by atoms with Crippen LogP contribution < -0.4 is 11.1 Å². The molecule has 1 aliphatic heterocycles. The van der Waals surface area contributed by atoms with Crippen molar-refractivity contribution in [1.82, 2.24) is 44.6 Å². The van der Waals surface area contributed by atoms with Gasteiger partial charge in [0.2, 0.25) is 0 Å². The van der Waals surface area contributed by atoms with E-state index in [1.807, 2.05) is 97.3 Å². The van der Waals surface area contributed by atoms with Crippen molar-refractivity contribution in [3.63, 3.8) is 0 Å². The topological polar surface area (TPSA) is 179 Å². The normalized spacial score (nSPS) is 12.8. The Morgan fingerprint density at radius 2 is 1.08 bits per heavy atom. The van der Waals surface area contributed by atoms with Crippen molar-refractivity contribution in [3.8, 4) is 22.3 Å². The quantitative estimate of drug-likeness (QED) is 0.112. The van der Waals surface area contributed by atoms with Gasteiger partial charge in [-0.15, -0.1) is 0 Å². The maximum Gasteiger partial charge on any atom is 0.337 e. The zero-order chi connectivity index (χ0) is 50.7. The molecule has 4 N–H and O–H groups in total. The fourth-order valence-electron chi connectivity index (χ4n) is 9.10. The molecule has 0 bridgehead atoms. The van der Waals surface area contributed by atoms with Crippen LogP contribution in [-0.2, 0) is 13.1 Å². The SMILES string of the molecule is CCN(CC)Cc1ccc(N)nc1.CN1CCN(Cc2ccc(NC(=O)c3ccc(-c4cccc5ccccc45)c4nccnc34)nc2)CC1.O=C(O)c1ccc(-c2cccc3ccccc23)c2nccnc12. The van der Waals surface area contributed by atoms with Gasteiger partial charge in [-0.2, -0.15) is 0 Å². The highest BCUT2D eigenvalue weighted by atomic mass is 16.4. The number of amides is 1. The molecule has 6 aromatic carbocycles. The second-order valence-corrected chi connectivity index (χ2v) is 17.8. The lowest BCUT2D eigenvalue weighted by Gasteiger charge is -2.32. The van der Waals surface area contributed by atoms with E-state index in [9.17, 15) is 14.7 Å². The summed E-state index contributed by atoms with van der Waals surface area (Å²) in [6.07, 6.45) is 10.1. The van der Waals surface area contributed by atoms with Crippen molar-refractivity contribution in [3.05, 3.63) is 193 Å². The van der Waals surface area contributed by atoms with Crippen molar-refractivity contribution >= 4 is 67.1 Å². The number of aromatic nitrogens is 6. The number of fused-ring (bicyclic) bond motifs is 4. The van der Waals surface area contributed by atoms with Crippen molar-refractivity contribution in [2.24, 2.45) is 0 Å². The van der Waals surface area contributed by atoms with Crippen molar-refractivity contribution in [1.29, 1.82) is 0 Å². The number of nitrogen functional groups attached to an aromatic ring is 1. The first-order valence-corrected chi connectivity index (χ1v) is 24.4. The van der Waals surface area contributed by atoms with Crippen LogP contribution in [0.1, 0.15) is 45.7 Å². The van der Waals surface area contributed by atoms with E-state index in [0.29, 0.717) is 39.3 Å². The summed E-state index contributed by atoms with van der Waals surface area (Å²) in [5.74, 6) is -0.153. The van der Waals surface area contributed by atoms with Gasteiger partial charge in [-0.05, 0) is 88.2 Å². The molecule has 5 heterocycles. The van der Waals surface area contributed by atoms with Gasteiger partial charge in [0.1, 0.15) is 22.7 Å². The Balaban J connectivity index is 0.000000154. The third kappa shape index (κ3) is 11.6. The fourth-order valence-corrected chi connectivity index (χ4v) is 9.10. The smallest absolute Gasteiger partial charge is 0.337 e. The third-order valence-electron chi connectivity index (χ3n) is 13.1. The first kappa shape index (κ1) is 49.4. The number of nitrogens with one attached hydrogen (secondary N) is 1. The van der Waals surface area contributed by atoms with Gasteiger partial charge in [-0.3, -0.25) is 34.5 Å². The minimum absolute atomic E-state index is 0.164. The number of nitrogens with two attached hydrogens (primary N) is 1. The van der Waals surface area contributed by atoms with Crippen LogP contribution in [0.4, 0.5) is 11.6 Å². The van der Waals surface area contributed by atoms with Crippen LogP contribution in [0.5, 0.6) is 0 Å². The molecule has 14 heteroatoms. The summed E-state index contributed by atoms with van der Waals surface area (Å²) < 4.78 is 0. The number of carbonyl (C=O) groups is 2. The molecule has 73 heavy (non-hydrogen) atoms. The highest BCUT2D eigenvalue weighted by Crippen LogP contribution is 2.35. The van der Waals surface area contributed by atoms with E-state index < -0.39 is 5.97 Å². The summed E-state index contributed by atoms with van der Waals surface area (Å²) in [4.78, 5) is 58.1. The van der Waals surface area contributed by atoms with Crippen LogP contribution in [0, 0.1) is 0 Å². The van der Waals surface area contributed by atoms with E-state index >= 15 is 0 Å². The minimum Gasteiger partial charge on any atom is -0.478 e. The number of anilines is 2. The fraction of sp³-hybridized carbons (Fsp3) is 0.186. The van der Waals surface area contributed by atoms with Crippen molar-refractivity contribution in [2.75, 3.05) is 57.4 Å². The average molecular weight is 968 g/mol. The van der Waals surface area contributed by atoms with E-state index in [1.165, 1.54) is 11.8 Å². The van der Waals surface area contributed by atoms with Gasteiger partial charge in [-0.25, -0.2) is 14.8 Å². The zero-order valence-electron chi connectivity index (χ0n) is 41.2. The molecule has 1 saturated heterocycles. The van der Waals surface area contributed by atoms with E-state index in [0.717, 1.165) is 102 Å². The van der Waals surface area contributed by atoms with Gasteiger partial charge in [0, 0.05) is 87.6 Å². The van der Waals surface area contributed by atoms with Crippen LogP contribution in [0.3, 0.4) is 0 Å². The first-order chi connectivity index (χ1) is 35.7. The minimum atomic E-state index is -1.00. The summed E-state index contributed by atoms with van der Waals surface area (Å²) in [7, 11) is 2.16. The zero-order valence-corrected chi connectivity index (χ0v) is 41.2. The molecule has 0 spiro atoms. The Morgan fingerprint density at radius 3 is 1.62 bits per heavy atom. The molecule has 0 radical (unpaired) electrons. The highest BCUT2D eigenvalue weighted by molar-refractivity contribution is 6.14. The molecule has 0 unspecified atom stereocenters. The number of carboxylic acids is 1. The summed E-state index contributed by atoms with van der Waals surface area (Å²) in [6, 6.07) is 43.6. The summed E-state index contributed by atoms with van der Waals surface area (Å²) >= 11 is 0. The van der Waals surface area contributed by atoms with Crippen LogP contribution in [-0.4, -0.2) is 108 Å². The monoisotopic (exact) mass is 967 g/mol. The van der Waals surface area contributed by atoms with Gasteiger partial charge in [0.25, 0.3) is 5.91 Å². The van der Waals surface area contributed by atoms with Gasteiger partial charge in [-0.1, -0.05) is 123 Å². The molecule has 0 saturated carbocycles. The molecule has 366 valence electrons. The number of aromatic carboxylic acids is 1. The number of carboxylic acid groups (broad SMARTS) is 1. The lowest BCUT2D eigenvalue weighted by Crippen LogP contribution is -2.43. The second kappa shape index (κ2) is 23.1. The summed E-state index contributed by atoms with van der Waals surface area (Å²) in [5, 5.41) is 16.8. The van der Waals surface area contributed by atoms with Crippen LogP contribution in [0.15, 0.2) is 171 Å². The molecule has 10 aromatic rings. The molecule has 14 nitrogen and oxygen atoms in total. The Labute approximate surface area is 424 Å². The second-order valence-electron chi connectivity index (χ2n) is 17.8. The van der Waals surface area contributed by atoms with Gasteiger partial charge < -0.3 is 21.1 Å². The summed E-state index contributed by atoms with van der Waals surface area (Å²) in [5.41, 5.74) is 14.7. The number of carbonyl (C=O) groups excluding carboxylic acids is 1. The molecule has 0 aliphatic carbocycles. The number of pyridine rings is 2. The molecule has 1 amide bonds. The number of benzene rings is 6. The molecular weight excluding hydrogens is 911 g/mol. The molecular formula is C59H57N11O3. The predicted octanol–water partition coefficient (Wildman–Crippen LogP) is 10.5. The number of rotatable bonds is 11. The van der Waals surface area contributed by atoms with Gasteiger partial charge in [0.05, 0.1) is 22.2 Å². The van der Waals surface area contributed by atoms with E-state index in [-0.39, 0.29) is 11.5 Å². The Morgan fingerprint density at radius 1 is 0.562 bits per heavy atom. The van der Waals surface area contributed by atoms with E-state index in [1.54, 1.807) is 24.7 Å². The number of likely N-dealkylation sites (N-methyl/N-ethyl adjacent to an activating group) is 1. The molecule has 4 aromatic heterocycles. The maximum atomic E-state index is 13.3. The van der Waals surface area contributed by atoms with Gasteiger partial charge >= 0.3 is 5.97 Å². The van der Waals surface area contributed by atoms with Gasteiger partial charge in [0.15, 0.2) is 0 Å². The number of hydrogen-bond acceptors (Lipinski definition) is 12. The number of hydrogen-bond donors (Lipinski definition) is 3. The Hall–Kier alpha value is -8.56. The van der Waals surface area contributed by atoms with Crippen molar-refractivity contribution < 1.29 is 14.7 Å². The van der Waals surface area contributed by atoms with E-state index in [2.05, 4.69) is 113 Å². The standard InChI is InChI=1S/C30H28N6O.C19H12N2O2.C10H17N3/c1-35-15-17-36(18-16-35)20-21-9-12-27(33-19-21)34-30(37)26-11-10-25(28-29(26)32-14-13-31-28)24-8-4-6-22-5-2-3-7-23(22)24;22-19(23)16-9-8-15(17-18(16)21-11-10-20-17)14-7-3-5-12-4-1-2-6-13(12)14;1-3-13(4-2)8-9-5-6-10(11)12-7-9/h2-14,19H,15-18,20H2,1H3,(H,33,34,37);1-11H,(H,22,23);5-7H,3-4,8H2,1-2H3,(H2,11,12). The molecule has 1 fully saturated rings. The van der Waals surface area contributed by atoms with E-state index in [4.69, 9.17) is 5.73 Å². The van der Waals surface area contributed by atoms with Crippen LogP contribution in [0.2, 0.25) is 0 Å².